The van der Waals surface area contributed by atoms with Gasteiger partial charge >= 0.3 is 6.09 Å². The molecule has 1 aliphatic heterocycles. The molecule has 0 spiro atoms. The van der Waals surface area contributed by atoms with E-state index >= 15 is 0 Å². The third-order valence-electron chi connectivity index (χ3n) is 12.9. The Kier molecular flexibility index (Phi) is 10.8. The summed E-state index contributed by atoms with van der Waals surface area (Å²) in [5, 5.41) is 6.49. The fourth-order valence-corrected chi connectivity index (χ4v) is 10.7. The van der Waals surface area contributed by atoms with Crippen molar-refractivity contribution >= 4 is 44.7 Å². The van der Waals surface area contributed by atoms with E-state index in [0.29, 0.717) is 59.7 Å². The molecule has 4 aliphatic carbocycles. The zero-order valence-electron chi connectivity index (χ0n) is 36.2. The molecule has 4 saturated carbocycles. The minimum absolute atomic E-state index is 0.0243. The highest BCUT2D eigenvalue weighted by Crippen LogP contribution is 2.58. The van der Waals surface area contributed by atoms with E-state index in [1.54, 1.807) is 27.9 Å². The predicted molar refractivity (Wildman–Crippen MR) is 229 cm³/mol. The molecule has 1 saturated heterocycles. The van der Waals surface area contributed by atoms with Crippen LogP contribution in [0.5, 0.6) is 11.5 Å². The Hall–Kier alpha value is -4.92. The molecule has 5 unspecified atom stereocenters. The van der Waals surface area contributed by atoms with E-state index in [2.05, 4.69) is 15.4 Å². The number of ether oxygens (including phenoxy) is 3. The van der Waals surface area contributed by atoms with Crippen LogP contribution >= 0.6 is 0 Å². The Morgan fingerprint density at radius 1 is 0.951 bits per heavy atom. The molecule has 61 heavy (non-hydrogen) atoms. The van der Waals surface area contributed by atoms with Gasteiger partial charge in [0.1, 0.15) is 40.8 Å². The van der Waals surface area contributed by atoms with E-state index in [4.69, 9.17) is 19.2 Å². The molecule has 1 aromatic heterocycles. The van der Waals surface area contributed by atoms with Crippen molar-refractivity contribution in [2.24, 2.45) is 23.2 Å². The number of benzene rings is 2. The van der Waals surface area contributed by atoms with Crippen molar-refractivity contribution in [1.82, 2.24) is 25.2 Å². The van der Waals surface area contributed by atoms with Crippen molar-refractivity contribution in [3.8, 4) is 22.8 Å². The standard InChI is InChI=1S/C46H59N5O9S/c1-43(2,3)38(48-42(55)60-44(4,5)6)40(53)51-26-31(59-37-23-34(29-11-9-8-10-12-29)47-35-21-30(58-7)17-18-32(35)37)22-36(51)39(52)49-46(25-33(46)28-15-16-28)41(54)50-61(56,57)45(19-20-45)24-27-13-14-27/h8-12,17-18,21,23,27-28,31,33,36,38H,13-16,19-20,22,24-26H2,1-7H3,(H,48,55)(H,49,52)(H,50,54). The van der Waals surface area contributed by atoms with Crippen LogP contribution in [-0.2, 0) is 29.1 Å². The quantitative estimate of drug-likeness (QED) is 0.167. The molecule has 4 amide bonds. The number of likely N-dealkylation sites (tertiary alicyclic amines) is 1. The van der Waals surface area contributed by atoms with Gasteiger partial charge in [-0.1, -0.05) is 63.9 Å². The highest BCUT2D eigenvalue weighted by atomic mass is 32.2. The molecule has 328 valence electrons. The molecule has 2 aromatic carbocycles. The predicted octanol–water partition coefficient (Wildman–Crippen LogP) is 6.26. The molecular weight excluding hydrogens is 799 g/mol. The lowest BCUT2D eigenvalue weighted by Gasteiger charge is -2.36. The van der Waals surface area contributed by atoms with Crippen molar-refractivity contribution < 1.29 is 41.8 Å². The number of aromatic nitrogens is 1. The van der Waals surface area contributed by atoms with Gasteiger partial charge in [0.05, 0.1) is 29.6 Å². The van der Waals surface area contributed by atoms with E-state index < -0.39 is 73.3 Å². The second-order valence-corrected chi connectivity index (χ2v) is 22.1. The third-order valence-corrected chi connectivity index (χ3v) is 15.1. The summed E-state index contributed by atoms with van der Waals surface area (Å²) in [5.41, 5.74) is -0.947. The number of methoxy groups -OCH3 is 1. The average molecular weight is 858 g/mol. The summed E-state index contributed by atoms with van der Waals surface area (Å²) in [7, 11) is -2.42. The first-order valence-corrected chi connectivity index (χ1v) is 23.1. The van der Waals surface area contributed by atoms with E-state index in [1.807, 2.05) is 75.4 Å². The zero-order valence-corrected chi connectivity index (χ0v) is 37.0. The van der Waals surface area contributed by atoms with Crippen molar-refractivity contribution in [2.45, 2.75) is 133 Å². The Labute approximate surface area is 358 Å². The van der Waals surface area contributed by atoms with Gasteiger partial charge in [-0.05, 0) is 94.6 Å². The lowest BCUT2D eigenvalue weighted by Crippen LogP contribution is -2.60. The van der Waals surface area contributed by atoms with Crippen molar-refractivity contribution in [2.75, 3.05) is 13.7 Å². The number of sulfonamides is 1. The Morgan fingerprint density at radius 2 is 1.66 bits per heavy atom. The van der Waals surface area contributed by atoms with Crippen LogP contribution in [0.4, 0.5) is 4.79 Å². The smallest absolute Gasteiger partial charge is 0.408 e. The number of nitrogens with one attached hydrogen (secondary N) is 3. The fraction of sp³-hybridized carbons (Fsp3) is 0.587. The van der Waals surface area contributed by atoms with Crippen LogP contribution in [0.1, 0.15) is 99.3 Å². The van der Waals surface area contributed by atoms with Crippen LogP contribution in [-0.4, -0.2) is 89.8 Å². The van der Waals surface area contributed by atoms with Gasteiger partial charge in [-0.25, -0.2) is 18.2 Å². The molecule has 8 rings (SSSR count). The fourth-order valence-electron chi connectivity index (χ4n) is 8.96. The second-order valence-electron chi connectivity index (χ2n) is 20.1. The molecule has 15 heteroatoms. The summed E-state index contributed by atoms with van der Waals surface area (Å²) < 4.78 is 46.9. The number of fused-ring (bicyclic) bond motifs is 1. The number of alkyl carbamates (subject to hydrolysis) is 1. The van der Waals surface area contributed by atoms with Gasteiger partial charge in [0.25, 0.3) is 5.91 Å². The van der Waals surface area contributed by atoms with Gasteiger partial charge in [-0.2, -0.15) is 0 Å². The Bertz CT molecular complexity index is 2330. The topological polar surface area (TPSA) is 182 Å². The number of rotatable bonds is 14. The molecule has 14 nitrogen and oxygen atoms in total. The van der Waals surface area contributed by atoms with Gasteiger partial charge < -0.3 is 29.7 Å². The first kappa shape index (κ1) is 42.8. The molecule has 0 bridgehead atoms. The minimum Gasteiger partial charge on any atom is -0.497 e. The maximum Gasteiger partial charge on any atom is 0.408 e. The van der Waals surface area contributed by atoms with Crippen molar-refractivity contribution in [3.05, 3.63) is 54.6 Å². The highest BCUT2D eigenvalue weighted by Gasteiger charge is 2.68. The lowest BCUT2D eigenvalue weighted by atomic mass is 9.85. The van der Waals surface area contributed by atoms with Crippen LogP contribution in [0.15, 0.2) is 54.6 Å². The number of hydrogen-bond acceptors (Lipinski definition) is 10. The molecule has 3 N–H and O–H groups in total. The second kappa shape index (κ2) is 15.5. The summed E-state index contributed by atoms with van der Waals surface area (Å²) in [6, 6.07) is 14.7. The Balaban J connectivity index is 1.11. The lowest BCUT2D eigenvalue weighted by molar-refractivity contribution is -0.143. The maximum absolute atomic E-state index is 14.9. The number of hydrogen-bond donors (Lipinski definition) is 3. The average Bonchev–Trinajstić information content (AvgIpc) is 3.98. The number of pyridine rings is 1. The van der Waals surface area contributed by atoms with E-state index in [9.17, 15) is 27.6 Å². The summed E-state index contributed by atoms with van der Waals surface area (Å²) >= 11 is 0. The molecule has 3 aromatic rings. The number of amides is 4. The molecular formula is C46H59N5O9S. The van der Waals surface area contributed by atoms with Gasteiger partial charge in [0.15, 0.2) is 0 Å². The van der Waals surface area contributed by atoms with Crippen LogP contribution in [0.25, 0.3) is 22.2 Å². The van der Waals surface area contributed by atoms with Gasteiger partial charge in [0, 0.05) is 29.5 Å². The zero-order chi connectivity index (χ0) is 43.7. The van der Waals surface area contributed by atoms with Crippen LogP contribution in [0.3, 0.4) is 0 Å². The minimum atomic E-state index is -4.00. The Morgan fingerprint density at radius 3 is 2.26 bits per heavy atom. The molecule has 0 radical (unpaired) electrons. The van der Waals surface area contributed by atoms with E-state index in [0.717, 1.165) is 31.2 Å². The summed E-state index contributed by atoms with van der Waals surface area (Å²) in [6.07, 6.45) is 4.21. The molecule has 5 atom stereocenters. The van der Waals surface area contributed by atoms with Crippen molar-refractivity contribution in [3.63, 3.8) is 0 Å². The van der Waals surface area contributed by atoms with Crippen LogP contribution in [0, 0.1) is 23.2 Å². The largest absolute Gasteiger partial charge is 0.497 e. The van der Waals surface area contributed by atoms with Gasteiger partial charge in [-0.15, -0.1) is 0 Å². The SMILES string of the molecule is COc1ccc2c(OC3CC(C(=O)NC4(C(=O)NS(=O)(=O)C5(CC6CC6)CC5)CC4C4CC4)N(C(=O)C(NC(=O)OC(C)(C)C)C(C)(C)C)C3)cc(-c3ccccc3)nc2c1. The highest BCUT2D eigenvalue weighted by molar-refractivity contribution is 7.91. The number of carbonyl (C=O) groups is 4. The van der Waals surface area contributed by atoms with E-state index in [-0.39, 0.29) is 24.8 Å². The molecule has 2 heterocycles. The summed E-state index contributed by atoms with van der Waals surface area (Å²) in [5.74, 6) is -0.399. The molecule has 5 aliphatic rings. The van der Waals surface area contributed by atoms with Crippen molar-refractivity contribution in [1.29, 1.82) is 0 Å². The van der Waals surface area contributed by atoms with Gasteiger partial charge in [0.2, 0.25) is 21.8 Å². The first-order valence-electron chi connectivity index (χ1n) is 21.6. The van der Waals surface area contributed by atoms with Gasteiger partial charge in [-0.3, -0.25) is 19.1 Å². The van der Waals surface area contributed by atoms with Crippen LogP contribution in [0.2, 0.25) is 0 Å². The summed E-state index contributed by atoms with van der Waals surface area (Å²) in [6.45, 7) is 10.6. The van der Waals surface area contributed by atoms with E-state index in [1.165, 1.54) is 4.90 Å². The molecule has 5 fully saturated rings. The third kappa shape index (κ3) is 9.03. The number of nitrogens with zero attached hydrogens (tertiary/aromatic N) is 2. The van der Waals surface area contributed by atoms with Crippen LogP contribution < -0.4 is 24.8 Å². The first-order chi connectivity index (χ1) is 28.7. The maximum atomic E-state index is 14.9. The number of carbonyl (C=O) groups excluding carboxylic acids is 4. The normalized spacial score (nSPS) is 25.0. The summed E-state index contributed by atoms with van der Waals surface area (Å²) in [4.78, 5) is 63.4. The monoisotopic (exact) mass is 857 g/mol.